The number of nitrogens with one attached hydrogen (secondary N) is 1. The van der Waals surface area contributed by atoms with E-state index >= 15 is 0 Å². The maximum atomic E-state index is 13.3. The third kappa shape index (κ3) is 4.34. The Morgan fingerprint density at radius 1 is 1.03 bits per heavy atom. The number of aromatic hydroxyl groups is 1. The summed E-state index contributed by atoms with van der Waals surface area (Å²) in [5, 5.41) is 14.0. The molecule has 4 aromatic rings. The second kappa shape index (κ2) is 9.35. The summed E-state index contributed by atoms with van der Waals surface area (Å²) in [6.07, 6.45) is 4.33. The van der Waals surface area contributed by atoms with E-state index in [9.17, 15) is 14.7 Å². The van der Waals surface area contributed by atoms with Gasteiger partial charge in [-0.25, -0.2) is 0 Å². The zero-order valence-electron chi connectivity index (χ0n) is 18.3. The monoisotopic (exact) mass is 461 g/mol. The summed E-state index contributed by atoms with van der Waals surface area (Å²) in [5.74, 6) is 0.614. The number of ether oxygens (including phenoxy) is 2. The van der Waals surface area contributed by atoms with Crippen LogP contribution in [0.1, 0.15) is 35.6 Å². The van der Waals surface area contributed by atoms with Gasteiger partial charge in [-0.2, -0.15) is 0 Å². The number of amides is 1. The average molecular weight is 461 g/mol. The second-order valence-electron chi connectivity index (χ2n) is 8.07. The van der Waals surface area contributed by atoms with Crippen LogP contribution in [0.15, 0.2) is 74.7 Å². The van der Waals surface area contributed by atoms with Gasteiger partial charge in [0.1, 0.15) is 17.1 Å². The Kier molecular flexibility index (Phi) is 5.95. The molecule has 1 atom stereocenters. The molecule has 34 heavy (non-hydrogen) atoms. The molecule has 174 valence electrons. The van der Waals surface area contributed by atoms with E-state index in [1.54, 1.807) is 36.6 Å². The molecule has 8 nitrogen and oxygen atoms in total. The minimum atomic E-state index is -0.750. The molecule has 2 aromatic heterocycles. The van der Waals surface area contributed by atoms with Crippen LogP contribution in [-0.2, 0) is 11.2 Å². The van der Waals surface area contributed by atoms with Crippen molar-refractivity contribution in [2.75, 3.05) is 13.3 Å². The first-order valence-corrected chi connectivity index (χ1v) is 11.0. The number of aryl methyl sites for hydroxylation is 1. The number of benzene rings is 2. The van der Waals surface area contributed by atoms with E-state index in [1.807, 2.05) is 12.1 Å². The van der Waals surface area contributed by atoms with Crippen molar-refractivity contribution in [2.45, 2.75) is 25.2 Å². The van der Waals surface area contributed by atoms with Crippen LogP contribution >= 0.6 is 0 Å². The Morgan fingerprint density at radius 3 is 2.68 bits per heavy atom. The first-order chi connectivity index (χ1) is 16.6. The average Bonchev–Trinajstić information content (AvgIpc) is 3.52. The minimum absolute atomic E-state index is 0.0389. The van der Waals surface area contributed by atoms with E-state index in [2.05, 4.69) is 5.32 Å². The topological polar surface area (TPSA) is 111 Å². The lowest BCUT2D eigenvalue weighted by Gasteiger charge is -2.19. The molecule has 0 saturated carbocycles. The van der Waals surface area contributed by atoms with Crippen LogP contribution in [0.25, 0.3) is 11.0 Å². The van der Waals surface area contributed by atoms with Crippen molar-refractivity contribution in [3.05, 3.63) is 88.2 Å². The van der Waals surface area contributed by atoms with Gasteiger partial charge in [-0.05, 0) is 36.8 Å². The van der Waals surface area contributed by atoms with E-state index in [0.29, 0.717) is 47.4 Å². The summed E-state index contributed by atoms with van der Waals surface area (Å²) in [5.41, 5.74) is 0.859. The van der Waals surface area contributed by atoms with Crippen molar-refractivity contribution >= 4 is 16.9 Å². The van der Waals surface area contributed by atoms with Gasteiger partial charge in [0.05, 0.1) is 17.9 Å². The summed E-state index contributed by atoms with van der Waals surface area (Å²) < 4.78 is 21.8. The lowest BCUT2D eigenvalue weighted by atomic mass is 9.87. The standard InChI is InChI=1S/C26H23NO7/c28-21-13-24-23(33-15-34-24)11-19(21)18(12-25(29)27-9-3-5-16-6-4-10-31-16)20-14-32-22-8-2-1-7-17(22)26(20)30/h1-2,4,6-8,10-11,13-14,18,28H,3,5,9,12,15H2,(H,27,29)/t18-/m1/s1. The van der Waals surface area contributed by atoms with Gasteiger partial charge in [0, 0.05) is 42.5 Å². The number of hydrogen-bond acceptors (Lipinski definition) is 7. The molecule has 0 radical (unpaired) electrons. The summed E-state index contributed by atoms with van der Waals surface area (Å²) in [6.45, 7) is 0.489. The van der Waals surface area contributed by atoms with Gasteiger partial charge >= 0.3 is 0 Å². The first-order valence-electron chi connectivity index (χ1n) is 11.0. The predicted molar refractivity (Wildman–Crippen MR) is 123 cm³/mol. The normalized spacial score (nSPS) is 13.2. The van der Waals surface area contributed by atoms with E-state index in [1.165, 1.54) is 12.3 Å². The van der Waals surface area contributed by atoms with Crippen molar-refractivity contribution in [1.29, 1.82) is 0 Å². The van der Waals surface area contributed by atoms with E-state index < -0.39 is 5.92 Å². The van der Waals surface area contributed by atoms with Crippen LogP contribution in [0.2, 0.25) is 0 Å². The highest BCUT2D eigenvalue weighted by Crippen LogP contribution is 2.42. The smallest absolute Gasteiger partial charge is 0.231 e. The highest BCUT2D eigenvalue weighted by atomic mass is 16.7. The Bertz CT molecular complexity index is 1370. The molecule has 2 N–H and O–H groups in total. The van der Waals surface area contributed by atoms with Crippen molar-refractivity contribution in [3.8, 4) is 17.2 Å². The molecule has 5 rings (SSSR count). The van der Waals surface area contributed by atoms with Gasteiger partial charge in [0.25, 0.3) is 0 Å². The van der Waals surface area contributed by atoms with Gasteiger partial charge in [-0.3, -0.25) is 9.59 Å². The number of fused-ring (bicyclic) bond motifs is 2. The summed E-state index contributed by atoms with van der Waals surface area (Å²) >= 11 is 0. The predicted octanol–water partition coefficient (Wildman–Crippen LogP) is 4.09. The Balaban J connectivity index is 1.43. The van der Waals surface area contributed by atoms with Crippen LogP contribution in [0.3, 0.4) is 0 Å². The fourth-order valence-corrected chi connectivity index (χ4v) is 4.15. The molecular weight excluding hydrogens is 438 g/mol. The molecule has 1 aliphatic heterocycles. The quantitative estimate of drug-likeness (QED) is 0.380. The van der Waals surface area contributed by atoms with Gasteiger partial charge in [0.15, 0.2) is 16.9 Å². The highest BCUT2D eigenvalue weighted by molar-refractivity contribution is 5.80. The van der Waals surface area contributed by atoms with Gasteiger partial charge in [-0.15, -0.1) is 0 Å². The number of phenolic OH excluding ortho intramolecular Hbond substituents is 1. The molecule has 8 heteroatoms. The Morgan fingerprint density at radius 2 is 1.85 bits per heavy atom. The number of hydrogen-bond donors (Lipinski definition) is 2. The van der Waals surface area contributed by atoms with Crippen molar-refractivity contribution < 1.29 is 28.2 Å². The van der Waals surface area contributed by atoms with Crippen molar-refractivity contribution in [3.63, 3.8) is 0 Å². The molecule has 0 spiro atoms. The van der Waals surface area contributed by atoms with Crippen LogP contribution in [0.5, 0.6) is 17.2 Å². The fourth-order valence-electron chi connectivity index (χ4n) is 4.15. The molecule has 1 aliphatic rings. The zero-order chi connectivity index (χ0) is 23.5. The number of para-hydroxylation sites is 1. The summed E-state index contributed by atoms with van der Waals surface area (Å²) in [4.78, 5) is 26.2. The molecule has 1 amide bonds. The lowest BCUT2D eigenvalue weighted by molar-refractivity contribution is -0.121. The highest BCUT2D eigenvalue weighted by Gasteiger charge is 2.28. The van der Waals surface area contributed by atoms with Gasteiger partial charge in [0.2, 0.25) is 12.7 Å². The van der Waals surface area contributed by atoms with Crippen LogP contribution in [-0.4, -0.2) is 24.4 Å². The first kappa shape index (κ1) is 21.6. The minimum Gasteiger partial charge on any atom is -0.508 e. The number of carbonyl (C=O) groups excluding carboxylic acids is 1. The third-order valence-corrected chi connectivity index (χ3v) is 5.87. The second-order valence-corrected chi connectivity index (χ2v) is 8.07. The van der Waals surface area contributed by atoms with Crippen LogP contribution in [0, 0.1) is 0 Å². The lowest BCUT2D eigenvalue weighted by Crippen LogP contribution is -2.28. The van der Waals surface area contributed by atoms with Gasteiger partial charge in [-0.1, -0.05) is 12.1 Å². The SMILES string of the molecule is O=C(C[C@H](c1cc2c(cc1O)OCO2)c1coc2ccccc2c1=O)NCCCc1ccco1. The molecule has 0 fully saturated rings. The molecule has 0 bridgehead atoms. The van der Waals surface area contributed by atoms with Crippen LogP contribution < -0.4 is 20.2 Å². The van der Waals surface area contributed by atoms with E-state index in [0.717, 1.165) is 5.76 Å². The maximum Gasteiger partial charge on any atom is 0.231 e. The molecule has 0 aliphatic carbocycles. The summed E-state index contributed by atoms with van der Waals surface area (Å²) in [6, 6.07) is 13.7. The molecule has 0 saturated heterocycles. The molecule has 2 aromatic carbocycles. The molecule has 0 unspecified atom stereocenters. The maximum absolute atomic E-state index is 13.3. The van der Waals surface area contributed by atoms with Crippen LogP contribution in [0.4, 0.5) is 0 Å². The Labute approximate surface area is 194 Å². The van der Waals surface area contributed by atoms with Crippen molar-refractivity contribution in [2.24, 2.45) is 0 Å². The zero-order valence-corrected chi connectivity index (χ0v) is 18.3. The molecule has 3 heterocycles. The number of phenols is 1. The number of rotatable bonds is 8. The Hall–Kier alpha value is -4.20. The van der Waals surface area contributed by atoms with E-state index in [4.69, 9.17) is 18.3 Å². The van der Waals surface area contributed by atoms with E-state index in [-0.39, 0.29) is 35.9 Å². The fraction of sp³-hybridized carbons (Fsp3) is 0.231. The van der Waals surface area contributed by atoms with Crippen molar-refractivity contribution in [1.82, 2.24) is 5.32 Å². The third-order valence-electron chi connectivity index (χ3n) is 5.87. The van der Waals surface area contributed by atoms with Gasteiger partial charge < -0.3 is 28.7 Å². The largest absolute Gasteiger partial charge is 0.508 e. The summed E-state index contributed by atoms with van der Waals surface area (Å²) in [7, 11) is 0. The number of furan rings is 1. The molecular formula is C26H23NO7. The number of carbonyl (C=O) groups is 1.